The van der Waals surface area contributed by atoms with E-state index >= 15 is 0 Å². The Bertz CT molecular complexity index is 1330. The van der Waals surface area contributed by atoms with E-state index in [0.29, 0.717) is 42.2 Å². The Kier molecular flexibility index (Phi) is 6.80. The first-order valence-corrected chi connectivity index (χ1v) is 13.4. The third kappa shape index (κ3) is 4.66. The molecule has 32 heavy (non-hydrogen) atoms. The number of piperidine rings is 1. The van der Waals surface area contributed by atoms with Crippen LogP contribution < -0.4 is 4.80 Å². The van der Waals surface area contributed by atoms with Crippen LogP contribution in [0.4, 0.5) is 0 Å². The topological polar surface area (TPSA) is 71.7 Å². The smallest absolute Gasteiger partial charge is 0.251 e. The number of hydrogen-bond acceptors (Lipinski definition) is 4. The molecular weight excluding hydrogens is 510 g/mol. The van der Waals surface area contributed by atoms with Crippen LogP contribution in [0.25, 0.3) is 10.2 Å². The Morgan fingerprint density at radius 3 is 2.56 bits per heavy atom. The molecule has 9 heteroatoms. The molecule has 1 aliphatic heterocycles. The summed E-state index contributed by atoms with van der Waals surface area (Å²) < 4.78 is 31.3. The average molecular weight is 535 g/mol. The predicted octanol–water partition coefficient (Wildman–Crippen LogP) is 4.49. The molecule has 0 bridgehead atoms. The zero-order valence-electron chi connectivity index (χ0n) is 17.7. The lowest BCUT2D eigenvalue weighted by molar-refractivity contribution is -0.122. The van der Waals surface area contributed by atoms with Crippen molar-refractivity contribution in [2.75, 3.05) is 13.1 Å². The van der Waals surface area contributed by atoms with Crippen LogP contribution in [0.15, 0.2) is 69.5 Å². The third-order valence-electron chi connectivity index (χ3n) is 5.62. The number of aromatic nitrogens is 1. The second-order valence-corrected chi connectivity index (χ2v) is 11.7. The standard InChI is InChI=1S/C23H24BrN3O3S2/c1-3-12-27-20-9-6-18(24)15-21(20)31-23(27)25-22(28)17-10-13-26(14-11-17)32(29,30)19-7-4-16(2)5-8-19/h3-9,15,17H,1,10-14H2,2H3. The number of thiazole rings is 1. The monoisotopic (exact) mass is 533 g/mol. The van der Waals surface area contributed by atoms with Gasteiger partial charge >= 0.3 is 0 Å². The molecule has 1 amide bonds. The first-order valence-electron chi connectivity index (χ1n) is 10.3. The summed E-state index contributed by atoms with van der Waals surface area (Å²) in [6.07, 6.45) is 2.71. The first-order chi connectivity index (χ1) is 15.3. The molecule has 0 atom stereocenters. The van der Waals surface area contributed by atoms with E-state index in [2.05, 4.69) is 27.5 Å². The molecule has 0 saturated carbocycles. The molecule has 1 aromatic heterocycles. The van der Waals surface area contributed by atoms with Crippen molar-refractivity contribution < 1.29 is 13.2 Å². The van der Waals surface area contributed by atoms with Crippen LogP contribution in [0.2, 0.25) is 0 Å². The molecule has 4 rings (SSSR count). The summed E-state index contributed by atoms with van der Waals surface area (Å²) in [6.45, 7) is 6.92. The van der Waals surface area contributed by atoms with E-state index in [4.69, 9.17) is 0 Å². The number of hydrogen-bond donors (Lipinski definition) is 0. The third-order valence-corrected chi connectivity index (χ3v) is 9.07. The van der Waals surface area contributed by atoms with E-state index in [1.807, 2.05) is 29.7 Å². The number of rotatable bonds is 5. The number of fused-ring (bicyclic) bond motifs is 1. The number of amides is 1. The molecule has 2 heterocycles. The maximum atomic E-state index is 13.0. The molecule has 0 N–H and O–H groups in total. The van der Waals surface area contributed by atoms with Gasteiger partial charge < -0.3 is 4.57 Å². The zero-order valence-corrected chi connectivity index (χ0v) is 20.9. The van der Waals surface area contributed by atoms with E-state index in [-0.39, 0.29) is 11.8 Å². The van der Waals surface area contributed by atoms with Crippen molar-refractivity contribution in [1.29, 1.82) is 0 Å². The van der Waals surface area contributed by atoms with Gasteiger partial charge in [0, 0.05) is 30.0 Å². The van der Waals surface area contributed by atoms with Gasteiger partial charge in [-0.1, -0.05) is 51.0 Å². The van der Waals surface area contributed by atoms with Gasteiger partial charge in [0.1, 0.15) is 0 Å². The number of carbonyl (C=O) groups is 1. The second-order valence-electron chi connectivity index (χ2n) is 7.84. The van der Waals surface area contributed by atoms with Gasteiger partial charge in [0.05, 0.1) is 15.1 Å². The molecule has 168 valence electrons. The summed E-state index contributed by atoms with van der Waals surface area (Å²) in [6, 6.07) is 12.8. The Labute approximate surface area is 200 Å². The molecule has 1 aliphatic rings. The molecule has 0 aliphatic carbocycles. The van der Waals surface area contributed by atoms with Crippen LogP contribution in [0.5, 0.6) is 0 Å². The van der Waals surface area contributed by atoms with Crippen molar-refractivity contribution in [3.05, 3.63) is 70.0 Å². The minimum absolute atomic E-state index is 0.194. The van der Waals surface area contributed by atoms with E-state index in [1.54, 1.807) is 30.3 Å². The lowest BCUT2D eigenvalue weighted by atomic mass is 9.98. The summed E-state index contributed by atoms with van der Waals surface area (Å²) in [4.78, 5) is 18.3. The van der Waals surface area contributed by atoms with Crippen molar-refractivity contribution in [2.24, 2.45) is 10.9 Å². The van der Waals surface area contributed by atoms with Gasteiger partial charge in [-0.3, -0.25) is 4.79 Å². The highest BCUT2D eigenvalue weighted by atomic mass is 79.9. The number of benzene rings is 2. The highest BCUT2D eigenvalue weighted by Crippen LogP contribution is 2.26. The quantitative estimate of drug-likeness (QED) is 0.453. The molecule has 0 spiro atoms. The van der Waals surface area contributed by atoms with Crippen molar-refractivity contribution in [3.8, 4) is 0 Å². The lowest BCUT2D eigenvalue weighted by Gasteiger charge is -2.29. The van der Waals surface area contributed by atoms with Gasteiger partial charge in [-0.15, -0.1) is 6.58 Å². The van der Waals surface area contributed by atoms with Crippen LogP contribution >= 0.6 is 27.3 Å². The molecule has 1 saturated heterocycles. The van der Waals surface area contributed by atoms with Gasteiger partial charge in [-0.05, 0) is 50.1 Å². The molecule has 3 aromatic rings. The molecule has 0 unspecified atom stereocenters. The van der Waals surface area contributed by atoms with Crippen LogP contribution in [-0.2, 0) is 21.4 Å². The molecule has 2 aromatic carbocycles. The molecule has 1 fully saturated rings. The highest BCUT2D eigenvalue weighted by molar-refractivity contribution is 9.10. The largest absolute Gasteiger partial charge is 0.313 e. The van der Waals surface area contributed by atoms with Gasteiger partial charge in [0.2, 0.25) is 10.0 Å². The number of aryl methyl sites for hydroxylation is 1. The maximum Gasteiger partial charge on any atom is 0.251 e. The maximum absolute atomic E-state index is 13.0. The minimum atomic E-state index is -3.55. The second kappa shape index (κ2) is 9.43. The SMILES string of the molecule is C=CCn1c(=NC(=O)C2CCN(S(=O)(=O)c3ccc(C)cc3)CC2)sc2cc(Br)ccc21. The van der Waals surface area contributed by atoms with Crippen LogP contribution in [0.1, 0.15) is 18.4 Å². The number of sulfonamides is 1. The Morgan fingerprint density at radius 2 is 1.91 bits per heavy atom. The summed E-state index contributed by atoms with van der Waals surface area (Å²) in [5, 5.41) is 0. The average Bonchev–Trinajstić information content (AvgIpc) is 3.10. The van der Waals surface area contributed by atoms with Gasteiger partial charge in [-0.2, -0.15) is 9.30 Å². The van der Waals surface area contributed by atoms with E-state index in [1.165, 1.54) is 15.6 Å². The minimum Gasteiger partial charge on any atom is -0.313 e. The fourth-order valence-electron chi connectivity index (χ4n) is 3.83. The predicted molar refractivity (Wildman–Crippen MR) is 131 cm³/mol. The molecule has 0 radical (unpaired) electrons. The normalized spacial score (nSPS) is 16.5. The first kappa shape index (κ1) is 23.1. The van der Waals surface area contributed by atoms with Crippen LogP contribution in [0.3, 0.4) is 0 Å². The summed E-state index contributed by atoms with van der Waals surface area (Å²) in [7, 11) is -3.55. The number of halogens is 1. The van der Waals surface area contributed by atoms with E-state index in [9.17, 15) is 13.2 Å². The Balaban J connectivity index is 1.53. The van der Waals surface area contributed by atoms with Gasteiger partial charge in [0.15, 0.2) is 4.80 Å². The van der Waals surface area contributed by atoms with Crippen molar-refractivity contribution in [2.45, 2.75) is 31.2 Å². The fraction of sp³-hybridized carbons (Fsp3) is 0.304. The lowest BCUT2D eigenvalue weighted by Crippen LogP contribution is -2.40. The zero-order chi connectivity index (χ0) is 22.9. The number of carbonyl (C=O) groups excluding carboxylic acids is 1. The summed E-state index contributed by atoms with van der Waals surface area (Å²) in [5.41, 5.74) is 2.01. The van der Waals surface area contributed by atoms with Gasteiger partial charge in [-0.25, -0.2) is 8.42 Å². The van der Waals surface area contributed by atoms with Crippen molar-refractivity contribution in [3.63, 3.8) is 0 Å². The van der Waals surface area contributed by atoms with Crippen LogP contribution in [-0.4, -0.2) is 36.3 Å². The number of nitrogens with zero attached hydrogens (tertiary/aromatic N) is 3. The van der Waals surface area contributed by atoms with Crippen molar-refractivity contribution >= 4 is 53.4 Å². The summed E-state index contributed by atoms with van der Waals surface area (Å²) >= 11 is 4.95. The van der Waals surface area contributed by atoms with E-state index in [0.717, 1.165) is 20.3 Å². The van der Waals surface area contributed by atoms with Crippen LogP contribution in [0, 0.1) is 12.8 Å². The number of allylic oxidation sites excluding steroid dienone is 1. The Hall–Kier alpha value is -2.07. The van der Waals surface area contributed by atoms with Crippen molar-refractivity contribution in [1.82, 2.24) is 8.87 Å². The highest BCUT2D eigenvalue weighted by Gasteiger charge is 2.32. The summed E-state index contributed by atoms with van der Waals surface area (Å²) in [5.74, 6) is -0.477. The van der Waals surface area contributed by atoms with E-state index < -0.39 is 10.0 Å². The Morgan fingerprint density at radius 1 is 1.22 bits per heavy atom. The van der Waals surface area contributed by atoms with Gasteiger partial charge in [0.25, 0.3) is 5.91 Å². The molecular formula is C23H24BrN3O3S2. The molecule has 6 nitrogen and oxygen atoms in total. The fourth-order valence-corrected chi connectivity index (χ4v) is 6.89.